The fraction of sp³-hybridized carbons (Fsp3) is 0.857. The van der Waals surface area contributed by atoms with Gasteiger partial charge in [0, 0.05) is 64.8 Å². The lowest BCUT2D eigenvalue weighted by Crippen LogP contribution is -2.21. The Kier molecular flexibility index (Phi) is 43.6. The van der Waals surface area contributed by atoms with Crippen LogP contribution in [0.3, 0.4) is 0 Å². The molecule has 0 aliphatic rings. The lowest BCUT2D eigenvalue weighted by atomic mass is 9.95. The van der Waals surface area contributed by atoms with Gasteiger partial charge in [-0.2, -0.15) is 0 Å². The van der Waals surface area contributed by atoms with Gasteiger partial charge in [-0.25, -0.2) is 0 Å². The van der Waals surface area contributed by atoms with Crippen molar-refractivity contribution in [3.05, 3.63) is 0 Å². The van der Waals surface area contributed by atoms with Gasteiger partial charge in [0.1, 0.15) is 28.9 Å². The number of hydrogen-bond donors (Lipinski definition) is 2. The second-order valence-corrected chi connectivity index (χ2v) is 18.0. The van der Waals surface area contributed by atoms with Crippen molar-refractivity contribution in [3.63, 3.8) is 0 Å². The maximum absolute atomic E-state index is 11.8. The van der Waals surface area contributed by atoms with E-state index in [0.717, 1.165) is 101 Å². The van der Waals surface area contributed by atoms with Crippen LogP contribution in [0.2, 0.25) is 0 Å². The molecule has 0 saturated heterocycles. The summed E-state index contributed by atoms with van der Waals surface area (Å²) in [7, 11) is 0. The van der Waals surface area contributed by atoms with E-state index >= 15 is 0 Å². The molecule has 0 spiro atoms. The number of unbranched alkanes of at least 4 members (excludes halogenated alkanes) is 10. The third kappa shape index (κ3) is 53.3. The second kappa shape index (κ2) is 42.4. The third-order valence-corrected chi connectivity index (χ3v) is 10.1. The normalized spacial score (nSPS) is 11.4. The summed E-state index contributed by atoms with van der Waals surface area (Å²) >= 11 is 0. The van der Waals surface area contributed by atoms with Crippen LogP contribution in [-0.4, -0.2) is 52.4 Å². The Bertz CT molecular complexity index is 1080. The van der Waals surface area contributed by atoms with Gasteiger partial charge in [0.05, 0.1) is 5.92 Å². The SMILES string of the molecule is CC(=O)CC(CCCCCC(=O)CCCCCC(C)C)C(=O)O.CC(=O)CCCCCC(=O)CCCCCC(C)C.CC(=O)NCCCC(=O)CCCCCC(C)C. The van der Waals surface area contributed by atoms with E-state index in [-0.39, 0.29) is 23.9 Å². The lowest BCUT2D eigenvalue weighted by Gasteiger charge is -2.09. The van der Waals surface area contributed by atoms with Gasteiger partial charge in [-0.05, 0) is 83.0 Å². The topological polar surface area (TPSA) is 152 Å². The minimum absolute atomic E-state index is 0.0221. The standard InChI is InChI=1S/C19H34O4.C16H30O2.C14H27NO2/c1-15(2)10-6-4-8-12-18(21)13-9-5-7-11-17(19(22)23)14-16(3)20;1-14(2)10-6-4-8-12-16(18)13-9-5-7-11-15(3)17;1-12(2)8-5-4-6-9-14(17)10-7-11-15-13(3)16/h15,17H,4-14H2,1-3H3,(H,22,23);14H,4-13H2,1-3H3;12H,4-11H2,1-3H3,(H,15,16). The summed E-state index contributed by atoms with van der Waals surface area (Å²) in [6, 6.07) is 0. The fourth-order valence-electron chi connectivity index (χ4n) is 6.50. The first-order valence-corrected chi connectivity index (χ1v) is 23.4. The molecule has 340 valence electrons. The van der Waals surface area contributed by atoms with E-state index in [1.165, 1.54) is 58.8 Å². The van der Waals surface area contributed by atoms with Crippen molar-refractivity contribution in [1.82, 2.24) is 5.32 Å². The Morgan fingerprint density at radius 2 is 0.707 bits per heavy atom. The zero-order valence-corrected chi connectivity index (χ0v) is 39.1. The van der Waals surface area contributed by atoms with Crippen LogP contribution in [-0.2, 0) is 33.6 Å². The molecule has 1 atom stereocenters. The molecule has 0 aliphatic heterocycles. The Morgan fingerprint density at radius 3 is 1.00 bits per heavy atom. The van der Waals surface area contributed by atoms with Gasteiger partial charge >= 0.3 is 5.97 Å². The number of nitrogens with one attached hydrogen (secondary N) is 1. The number of carboxylic acid groups (broad SMARTS) is 1. The largest absolute Gasteiger partial charge is 0.481 e. The summed E-state index contributed by atoms with van der Waals surface area (Å²) in [5.41, 5.74) is 0. The molecule has 0 aromatic rings. The summed E-state index contributed by atoms with van der Waals surface area (Å²) < 4.78 is 0. The zero-order chi connectivity index (χ0) is 44.6. The van der Waals surface area contributed by atoms with Crippen molar-refractivity contribution in [3.8, 4) is 0 Å². The summed E-state index contributed by atoms with van der Waals surface area (Å²) in [5.74, 6) is 2.05. The zero-order valence-electron chi connectivity index (χ0n) is 39.1. The molecule has 0 aromatic heterocycles. The van der Waals surface area contributed by atoms with Crippen LogP contribution in [0.25, 0.3) is 0 Å². The molecule has 1 amide bonds. The molecule has 2 N–H and O–H groups in total. The molecule has 0 fully saturated rings. The molecule has 0 bridgehead atoms. The highest BCUT2D eigenvalue weighted by molar-refractivity contribution is 5.82. The minimum Gasteiger partial charge on any atom is -0.481 e. The van der Waals surface area contributed by atoms with Crippen LogP contribution in [0.5, 0.6) is 0 Å². The van der Waals surface area contributed by atoms with Gasteiger partial charge in [0.25, 0.3) is 0 Å². The summed E-state index contributed by atoms with van der Waals surface area (Å²) in [4.78, 5) is 78.1. The highest BCUT2D eigenvalue weighted by Crippen LogP contribution is 2.17. The molecular weight excluding hydrogens is 731 g/mol. The minimum atomic E-state index is -0.891. The number of rotatable bonds is 37. The van der Waals surface area contributed by atoms with E-state index in [0.29, 0.717) is 68.8 Å². The van der Waals surface area contributed by atoms with Crippen molar-refractivity contribution < 1.29 is 38.7 Å². The van der Waals surface area contributed by atoms with Crippen molar-refractivity contribution in [2.45, 2.75) is 242 Å². The van der Waals surface area contributed by atoms with Crippen molar-refractivity contribution >= 4 is 40.8 Å². The van der Waals surface area contributed by atoms with E-state index in [4.69, 9.17) is 5.11 Å². The molecule has 9 nitrogen and oxygen atoms in total. The number of carbonyl (C=O) groups is 7. The molecule has 0 saturated carbocycles. The van der Waals surface area contributed by atoms with E-state index in [1.54, 1.807) is 6.92 Å². The molecule has 58 heavy (non-hydrogen) atoms. The molecule has 0 aliphatic carbocycles. The predicted octanol–water partition coefficient (Wildman–Crippen LogP) is 12.6. The number of amides is 1. The van der Waals surface area contributed by atoms with Gasteiger partial charge in [0.15, 0.2) is 0 Å². The smallest absolute Gasteiger partial charge is 0.306 e. The highest BCUT2D eigenvalue weighted by Gasteiger charge is 2.18. The van der Waals surface area contributed by atoms with Gasteiger partial charge in [-0.3, -0.25) is 24.0 Å². The summed E-state index contributed by atoms with van der Waals surface area (Å²) in [6.45, 7) is 18.6. The van der Waals surface area contributed by atoms with Gasteiger partial charge in [-0.15, -0.1) is 0 Å². The highest BCUT2D eigenvalue weighted by atomic mass is 16.4. The van der Waals surface area contributed by atoms with Crippen molar-refractivity contribution in [2.24, 2.45) is 23.7 Å². The molecular formula is C49H91NO8. The Balaban J connectivity index is -0.000000794. The van der Waals surface area contributed by atoms with Crippen molar-refractivity contribution in [2.75, 3.05) is 6.54 Å². The third-order valence-electron chi connectivity index (χ3n) is 10.1. The van der Waals surface area contributed by atoms with Crippen LogP contribution >= 0.6 is 0 Å². The van der Waals surface area contributed by atoms with Gasteiger partial charge in [0.2, 0.25) is 5.91 Å². The Labute approximate surface area is 356 Å². The monoisotopic (exact) mass is 822 g/mol. The van der Waals surface area contributed by atoms with Crippen LogP contribution in [0.1, 0.15) is 242 Å². The first kappa shape index (κ1) is 59.6. The van der Waals surface area contributed by atoms with E-state index in [1.807, 2.05) is 0 Å². The molecule has 0 heterocycles. The van der Waals surface area contributed by atoms with Crippen LogP contribution in [0.4, 0.5) is 0 Å². The lowest BCUT2D eigenvalue weighted by molar-refractivity contribution is -0.144. The molecule has 1 unspecified atom stereocenters. The van der Waals surface area contributed by atoms with Crippen LogP contribution < -0.4 is 5.32 Å². The number of carboxylic acids is 1. The summed E-state index contributed by atoms with van der Waals surface area (Å²) in [5, 5.41) is 11.7. The Morgan fingerprint density at radius 1 is 0.397 bits per heavy atom. The quantitative estimate of drug-likeness (QED) is 0.0588. The fourth-order valence-corrected chi connectivity index (χ4v) is 6.50. The molecule has 9 heteroatoms. The van der Waals surface area contributed by atoms with E-state index in [9.17, 15) is 33.6 Å². The maximum Gasteiger partial charge on any atom is 0.306 e. The average Bonchev–Trinajstić information content (AvgIpc) is 3.12. The van der Waals surface area contributed by atoms with Crippen LogP contribution in [0.15, 0.2) is 0 Å². The number of aliphatic carboxylic acids is 1. The summed E-state index contributed by atoms with van der Waals surface area (Å²) in [6.07, 6.45) is 25.5. The molecule has 0 aromatic carbocycles. The molecule has 0 rings (SSSR count). The first-order chi connectivity index (χ1) is 27.4. The van der Waals surface area contributed by atoms with Gasteiger partial charge in [-0.1, -0.05) is 119 Å². The van der Waals surface area contributed by atoms with E-state index in [2.05, 4.69) is 46.9 Å². The van der Waals surface area contributed by atoms with Gasteiger partial charge < -0.3 is 20.0 Å². The second-order valence-electron chi connectivity index (χ2n) is 18.0. The van der Waals surface area contributed by atoms with Crippen molar-refractivity contribution in [1.29, 1.82) is 0 Å². The number of ketones is 5. The molecule has 0 radical (unpaired) electrons. The van der Waals surface area contributed by atoms with E-state index < -0.39 is 11.9 Å². The number of carbonyl (C=O) groups excluding carboxylic acids is 6. The Hall–Kier alpha value is -2.71. The van der Waals surface area contributed by atoms with Crippen LogP contribution in [0, 0.1) is 23.7 Å². The maximum atomic E-state index is 11.8. The number of Topliss-reactive ketones (excluding diaryl/α,β-unsaturated/α-hetero) is 5. The average molecular weight is 822 g/mol. The predicted molar refractivity (Wildman–Crippen MR) is 240 cm³/mol. The number of hydrogen-bond acceptors (Lipinski definition) is 7. The first-order valence-electron chi connectivity index (χ1n) is 23.4.